The summed E-state index contributed by atoms with van der Waals surface area (Å²) >= 11 is 0. The summed E-state index contributed by atoms with van der Waals surface area (Å²) in [6, 6.07) is 3.63. The number of halogens is 1. The van der Waals surface area contributed by atoms with E-state index in [2.05, 4.69) is 5.32 Å². The number of nitrogens with one attached hydrogen (secondary N) is 1. The molecule has 13 heavy (non-hydrogen) atoms. The zero-order chi connectivity index (χ0) is 9.68. The number of rotatable bonds is 5. The highest BCUT2D eigenvalue weighted by Gasteiger charge is 2.12. The van der Waals surface area contributed by atoms with Crippen LogP contribution in [0.15, 0.2) is 22.8 Å². The molecule has 0 fully saturated rings. The van der Waals surface area contributed by atoms with Crippen molar-refractivity contribution in [3.05, 3.63) is 24.2 Å². The molecule has 74 valence electrons. The van der Waals surface area contributed by atoms with E-state index < -0.39 is 0 Å². The van der Waals surface area contributed by atoms with Crippen molar-refractivity contribution in [2.75, 3.05) is 6.67 Å². The van der Waals surface area contributed by atoms with E-state index in [0.717, 1.165) is 5.76 Å². The Morgan fingerprint density at radius 3 is 2.77 bits per heavy atom. The van der Waals surface area contributed by atoms with Gasteiger partial charge in [-0.3, -0.25) is 0 Å². The van der Waals surface area contributed by atoms with Crippen LogP contribution in [-0.2, 0) is 6.54 Å². The number of hydrogen-bond donors (Lipinski definition) is 1. The lowest BCUT2D eigenvalue weighted by atomic mass is 10.1. The molecule has 1 aromatic rings. The fourth-order valence-corrected chi connectivity index (χ4v) is 1.11. The first-order valence-electron chi connectivity index (χ1n) is 4.55. The predicted molar refractivity (Wildman–Crippen MR) is 50.1 cm³/mol. The zero-order valence-corrected chi connectivity index (χ0v) is 8.09. The molecule has 1 aromatic heterocycles. The first-order valence-corrected chi connectivity index (χ1v) is 4.55. The molecule has 2 nitrogen and oxygen atoms in total. The van der Waals surface area contributed by atoms with E-state index >= 15 is 0 Å². The van der Waals surface area contributed by atoms with E-state index in [-0.39, 0.29) is 12.7 Å². The van der Waals surface area contributed by atoms with Gasteiger partial charge >= 0.3 is 0 Å². The smallest absolute Gasteiger partial charge is 0.117 e. The van der Waals surface area contributed by atoms with Gasteiger partial charge in [0.25, 0.3) is 0 Å². The van der Waals surface area contributed by atoms with Crippen molar-refractivity contribution in [3.8, 4) is 0 Å². The van der Waals surface area contributed by atoms with Gasteiger partial charge in [-0.05, 0) is 18.1 Å². The molecular formula is C10H16FNO. The maximum Gasteiger partial charge on any atom is 0.117 e. The highest BCUT2D eigenvalue weighted by atomic mass is 19.1. The highest BCUT2D eigenvalue weighted by Crippen LogP contribution is 2.05. The summed E-state index contributed by atoms with van der Waals surface area (Å²) in [5.74, 6) is 1.15. The predicted octanol–water partition coefficient (Wildman–Crippen LogP) is 2.36. The van der Waals surface area contributed by atoms with E-state index in [0.29, 0.717) is 12.5 Å². The molecule has 0 saturated carbocycles. The van der Waals surface area contributed by atoms with Gasteiger partial charge in [-0.15, -0.1) is 0 Å². The molecule has 0 aliphatic heterocycles. The Balaban J connectivity index is 2.32. The standard InChI is InChI=1S/C10H16FNO/c1-8(2)10(6-11)12-7-9-4-3-5-13-9/h3-5,8,10,12H,6-7H2,1-2H3. The van der Waals surface area contributed by atoms with Crippen LogP contribution in [0.3, 0.4) is 0 Å². The fourth-order valence-electron chi connectivity index (χ4n) is 1.11. The summed E-state index contributed by atoms with van der Waals surface area (Å²) in [4.78, 5) is 0. The third kappa shape index (κ3) is 3.19. The second-order valence-electron chi connectivity index (χ2n) is 3.47. The molecule has 0 aromatic carbocycles. The summed E-state index contributed by atoms with van der Waals surface area (Å²) < 4.78 is 17.6. The van der Waals surface area contributed by atoms with E-state index in [1.807, 2.05) is 26.0 Å². The number of alkyl halides is 1. The lowest BCUT2D eigenvalue weighted by molar-refractivity contribution is 0.301. The van der Waals surface area contributed by atoms with Crippen molar-refractivity contribution in [3.63, 3.8) is 0 Å². The van der Waals surface area contributed by atoms with Crippen molar-refractivity contribution < 1.29 is 8.81 Å². The molecule has 0 saturated heterocycles. The summed E-state index contributed by atoms with van der Waals surface area (Å²) in [5, 5.41) is 3.10. The van der Waals surface area contributed by atoms with Crippen LogP contribution >= 0.6 is 0 Å². The zero-order valence-electron chi connectivity index (χ0n) is 8.09. The number of furan rings is 1. The van der Waals surface area contributed by atoms with Gasteiger partial charge in [0.15, 0.2) is 0 Å². The molecule has 0 bridgehead atoms. The molecule has 1 rings (SSSR count). The van der Waals surface area contributed by atoms with Crippen molar-refractivity contribution in [2.45, 2.75) is 26.4 Å². The van der Waals surface area contributed by atoms with Gasteiger partial charge in [0.2, 0.25) is 0 Å². The molecule has 1 heterocycles. The van der Waals surface area contributed by atoms with Crippen LogP contribution < -0.4 is 5.32 Å². The van der Waals surface area contributed by atoms with Gasteiger partial charge in [0.05, 0.1) is 12.8 Å². The summed E-state index contributed by atoms with van der Waals surface area (Å²) in [6.45, 7) is 4.26. The average Bonchev–Trinajstić information content (AvgIpc) is 2.57. The van der Waals surface area contributed by atoms with Crippen molar-refractivity contribution in [1.82, 2.24) is 5.32 Å². The van der Waals surface area contributed by atoms with Gasteiger partial charge in [-0.25, -0.2) is 4.39 Å². The van der Waals surface area contributed by atoms with Crippen LogP contribution in [0.1, 0.15) is 19.6 Å². The lowest BCUT2D eigenvalue weighted by Crippen LogP contribution is -2.35. The third-order valence-electron chi connectivity index (χ3n) is 2.09. The second-order valence-corrected chi connectivity index (χ2v) is 3.47. The monoisotopic (exact) mass is 185 g/mol. The van der Waals surface area contributed by atoms with Crippen LogP contribution in [0.4, 0.5) is 4.39 Å². The SMILES string of the molecule is CC(C)C(CF)NCc1ccco1. The van der Waals surface area contributed by atoms with Crippen molar-refractivity contribution in [2.24, 2.45) is 5.92 Å². The second kappa shape index (κ2) is 5.02. The van der Waals surface area contributed by atoms with E-state index in [1.165, 1.54) is 0 Å². The Hall–Kier alpha value is -0.830. The first kappa shape index (κ1) is 10.3. The van der Waals surface area contributed by atoms with Gasteiger partial charge in [-0.1, -0.05) is 13.8 Å². The molecule has 0 amide bonds. The molecular weight excluding hydrogens is 169 g/mol. The molecule has 0 radical (unpaired) electrons. The summed E-state index contributed by atoms with van der Waals surface area (Å²) in [6.07, 6.45) is 1.62. The van der Waals surface area contributed by atoms with Crippen molar-refractivity contribution >= 4 is 0 Å². The topological polar surface area (TPSA) is 25.2 Å². The minimum atomic E-state index is -0.335. The van der Waals surface area contributed by atoms with Gasteiger partial charge in [0, 0.05) is 6.04 Å². The summed E-state index contributed by atoms with van der Waals surface area (Å²) in [7, 11) is 0. The van der Waals surface area contributed by atoms with Gasteiger partial charge in [-0.2, -0.15) is 0 Å². The fraction of sp³-hybridized carbons (Fsp3) is 0.600. The van der Waals surface area contributed by atoms with E-state index in [4.69, 9.17) is 4.42 Å². The third-order valence-corrected chi connectivity index (χ3v) is 2.09. The average molecular weight is 185 g/mol. The minimum absolute atomic E-state index is 0.0786. The number of hydrogen-bond acceptors (Lipinski definition) is 2. The molecule has 0 spiro atoms. The maximum atomic E-state index is 12.4. The van der Waals surface area contributed by atoms with E-state index in [1.54, 1.807) is 6.26 Å². The first-order chi connectivity index (χ1) is 6.24. The van der Waals surface area contributed by atoms with Crippen LogP contribution in [-0.4, -0.2) is 12.7 Å². The van der Waals surface area contributed by atoms with Crippen LogP contribution in [0, 0.1) is 5.92 Å². The minimum Gasteiger partial charge on any atom is -0.468 e. The molecule has 1 atom stereocenters. The molecule has 0 aliphatic rings. The Morgan fingerprint density at radius 1 is 1.54 bits per heavy atom. The maximum absolute atomic E-state index is 12.4. The Kier molecular flexibility index (Phi) is 3.96. The van der Waals surface area contributed by atoms with Gasteiger partial charge in [0.1, 0.15) is 12.4 Å². The molecule has 1 unspecified atom stereocenters. The molecule has 1 N–H and O–H groups in total. The Bertz CT molecular complexity index is 221. The molecule has 3 heteroatoms. The van der Waals surface area contributed by atoms with Crippen molar-refractivity contribution in [1.29, 1.82) is 0 Å². The van der Waals surface area contributed by atoms with Crippen LogP contribution in [0.25, 0.3) is 0 Å². The van der Waals surface area contributed by atoms with Gasteiger partial charge < -0.3 is 9.73 Å². The molecule has 0 aliphatic carbocycles. The Labute approximate surface area is 78.1 Å². The van der Waals surface area contributed by atoms with E-state index in [9.17, 15) is 4.39 Å². The normalized spacial score (nSPS) is 13.5. The van der Waals surface area contributed by atoms with Crippen LogP contribution in [0.5, 0.6) is 0 Å². The highest BCUT2D eigenvalue weighted by molar-refractivity contribution is 4.97. The summed E-state index contributed by atoms with van der Waals surface area (Å²) in [5.41, 5.74) is 0. The lowest BCUT2D eigenvalue weighted by Gasteiger charge is -2.17. The van der Waals surface area contributed by atoms with Crippen LogP contribution in [0.2, 0.25) is 0 Å². The quantitative estimate of drug-likeness (QED) is 0.761. The Morgan fingerprint density at radius 2 is 2.31 bits per heavy atom. The largest absolute Gasteiger partial charge is 0.468 e.